The van der Waals surface area contributed by atoms with Crippen molar-refractivity contribution in [1.82, 2.24) is 5.32 Å². The first-order chi connectivity index (χ1) is 6.63. The number of hydrogen-bond donors (Lipinski definition) is 2. The van der Waals surface area contributed by atoms with Gasteiger partial charge in [-0.15, -0.1) is 0 Å². The molecule has 0 radical (unpaired) electrons. The van der Waals surface area contributed by atoms with Crippen LogP contribution in [0.3, 0.4) is 0 Å². The zero-order valence-electron chi connectivity index (χ0n) is 8.45. The molecule has 0 bridgehead atoms. The van der Waals surface area contributed by atoms with Crippen LogP contribution in [0.15, 0.2) is 0 Å². The second-order valence-corrected chi connectivity index (χ2v) is 4.41. The highest BCUT2D eigenvalue weighted by molar-refractivity contribution is 5.74. The van der Waals surface area contributed by atoms with Crippen molar-refractivity contribution < 1.29 is 14.6 Å². The Morgan fingerprint density at radius 1 is 1.50 bits per heavy atom. The summed E-state index contributed by atoms with van der Waals surface area (Å²) in [6, 6.07) is -0.541. The Kier molecular flexibility index (Phi) is 2.49. The molecule has 4 heteroatoms. The summed E-state index contributed by atoms with van der Waals surface area (Å²) in [5, 5.41) is 12.0. The summed E-state index contributed by atoms with van der Waals surface area (Å²) in [4.78, 5) is 10.8. The molecule has 1 aliphatic carbocycles. The van der Waals surface area contributed by atoms with Crippen LogP contribution in [0.4, 0.5) is 0 Å². The summed E-state index contributed by atoms with van der Waals surface area (Å²) >= 11 is 0. The molecule has 0 aromatic heterocycles. The van der Waals surface area contributed by atoms with E-state index in [1.165, 1.54) is 12.8 Å². The fourth-order valence-corrected chi connectivity index (χ4v) is 2.57. The van der Waals surface area contributed by atoms with Crippen LogP contribution in [0.5, 0.6) is 0 Å². The van der Waals surface area contributed by atoms with Gasteiger partial charge in [0, 0.05) is 6.54 Å². The summed E-state index contributed by atoms with van der Waals surface area (Å²) < 4.78 is 5.87. The fraction of sp³-hybridized carbons (Fsp3) is 0.900. The Labute approximate surface area is 83.6 Å². The molecule has 1 saturated heterocycles. The van der Waals surface area contributed by atoms with Gasteiger partial charge in [0.05, 0.1) is 11.7 Å². The monoisotopic (exact) mass is 199 g/mol. The van der Waals surface area contributed by atoms with E-state index in [2.05, 4.69) is 5.32 Å². The van der Waals surface area contributed by atoms with Gasteiger partial charge in [-0.05, 0) is 19.8 Å². The molecule has 4 nitrogen and oxygen atoms in total. The fourth-order valence-electron chi connectivity index (χ4n) is 2.57. The summed E-state index contributed by atoms with van der Waals surface area (Å²) in [7, 11) is 0. The lowest BCUT2D eigenvalue weighted by molar-refractivity contribution is -0.160. The van der Waals surface area contributed by atoms with Crippen LogP contribution in [0, 0.1) is 0 Å². The third-order valence-electron chi connectivity index (χ3n) is 3.33. The van der Waals surface area contributed by atoms with Crippen molar-refractivity contribution in [3.05, 3.63) is 0 Å². The van der Waals surface area contributed by atoms with Gasteiger partial charge in [0.15, 0.2) is 0 Å². The zero-order chi connectivity index (χ0) is 10.2. The smallest absolute Gasteiger partial charge is 0.323 e. The molecular weight excluding hydrogens is 182 g/mol. The van der Waals surface area contributed by atoms with Crippen molar-refractivity contribution >= 4 is 5.97 Å². The van der Waals surface area contributed by atoms with E-state index in [1.54, 1.807) is 0 Å². The van der Waals surface area contributed by atoms with Gasteiger partial charge >= 0.3 is 5.97 Å². The van der Waals surface area contributed by atoms with Crippen molar-refractivity contribution in [3.8, 4) is 0 Å². The van der Waals surface area contributed by atoms with Crippen LogP contribution in [0.1, 0.15) is 32.6 Å². The number of hydrogen-bond acceptors (Lipinski definition) is 3. The van der Waals surface area contributed by atoms with E-state index in [4.69, 9.17) is 9.84 Å². The average molecular weight is 199 g/mol. The molecule has 1 heterocycles. The molecule has 2 N–H and O–H groups in total. The standard InChI is InChI=1S/C10H17NO3/c1-7-8(9(12)13)11-6-10(14-7)4-2-3-5-10/h7-8,11H,2-6H2,1H3,(H,12,13). The molecule has 80 valence electrons. The summed E-state index contributed by atoms with van der Waals surface area (Å²) in [5.41, 5.74) is -0.0641. The Morgan fingerprint density at radius 3 is 2.64 bits per heavy atom. The summed E-state index contributed by atoms with van der Waals surface area (Å²) in [6.45, 7) is 2.53. The van der Waals surface area contributed by atoms with Gasteiger partial charge in [-0.25, -0.2) is 0 Å². The number of morpholine rings is 1. The first-order valence-electron chi connectivity index (χ1n) is 5.27. The minimum Gasteiger partial charge on any atom is -0.480 e. The Balaban J connectivity index is 2.02. The van der Waals surface area contributed by atoms with Crippen LogP contribution in [-0.2, 0) is 9.53 Å². The molecule has 1 spiro atoms. The minimum atomic E-state index is -0.814. The number of carbonyl (C=O) groups is 1. The van der Waals surface area contributed by atoms with Crippen molar-refractivity contribution in [1.29, 1.82) is 0 Å². The number of ether oxygens (including phenoxy) is 1. The lowest BCUT2D eigenvalue weighted by Gasteiger charge is -2.41. The molecule has 1 aliphatic heterocycles. The molecular formula is C10H17NO3. The maximum Gasteiger partial charge on any atom is 0.323 e. The van der Waals surface area contributed by atoms with Crippen molar-refractivity contribution in [2.24, 2.45) is 0 Å². The van der Waals surface area contributed by atoms with Gasteiger partial charge in [0.2, 0.25) is 0 Å². The molecule has 0 aromatic rings. The second kappa shape index (κ2) is 3.51. The molecule has 0 aromatic carbocycles. The third kappa shape index (κ3) is 1.64. The number of nitrogens with one attached hydrogen (secondary N) is 1. The van der Waals surface area contributed by atoms with E-state index in [-0.39, 0.29) is 11.7 Å². The molecule has 1 saturated carbocycles. The van der Waals surface area contributed by atoms with Gasteiger partial charge in [-0.2, -0.15) is 0 Å². The largest absolute Gasteiger partial charge is 0.480 e. The number of carboxylic acids is 1. The highest BCUT2D eigenvalue weighted by Gasteiger charge is 2.43. The lowest BCUT2D eigenvalue weighted by atomic mass is 9.97. The molecule has 14 heavy (non-hydrogen) atoms. The van der Waals surface area contributed by atoms with E-state index < -0.39 is 12.0 Å². The predicted octanol–water partition coefficient (Wildman–Crippen LogP) is 0.761. The first-order valence-corrected chi connectivity index (χ1v) is 5.27. The lowest BCUT2D eigenvalue weighted by Crippen LogP contribution is -2.59. The molecule has 0 amide bonds. The van der Waals surface area contributed by atoms with Gasteiger partial charge in [-0.3, -0.25) is 10.1 Å². The predicted molar refractivity (Wildman–Crippen MR) is 51.2 cm³/mol. The van der Waals surface area contributed by atoms with Crippen LogP contribution in [0.25, 0.3) is 0 Å². The molecule has 2 unspecified atom stereocenters. The zero-order valence-corrected chi connectivity index (χ0v) is 8.45. The molecule has 2 aliphatic rings. The second-order valence-electron chi connectivity index (χ2n) is 4.41. The van der Waals surface area contributed by atoms with Gasteiger partial charge in [0.25, 0.3) is 0 Å². The molecule has 2 atom stereocenters. The Hall–Kier alpha value is -0.610. The van der Waals surface area contributed by atoms with E-state index in [0.29, 0.717) is 6.54 Å². The van der Waals surface area contributed by atoms with Crippen molar-refractivity contribution in [2.45, 2.75) is 50.4 Å². The minimum absolute atomic E-state index is 0.0641. The van der Waals surface area contributed by atoms with E-state index in [0.717, 1.165) is 12.8 Å². The first kappa shape index (κ1) is 9.93. The summed E-state index contributed by atoms with van der Waals surface area (Å²) in [5.74, 6) is -0.814. The van der Waals surface area contributed by atoms with Crippen LogP contribution < -0.4 is 5.32 Å². The van der Waals surface area contributed by atoms with Crippen molar-refractivity contribution in [3.63, 3.8) is 0 Å². The summed E-state index contributed by atoms with van der Waals surface area (Å²) in [6.07, 6.45) is 4.31. The van der Waals surface area contributed by atoms with E-state index in [1.807, 2.05) is 6.92 Å². The van der Waals surface area contributed by atoms with Crippen molar-refractivity contribution in [2.75, 3.05) is 6.54 Å². The quantitative estimate of drug-likeness (QED) is 0.654. The molecule has 2 fully saturated rings. The maximum absolute atomic E-state index is 10.8. The normalized spacial score (nSPS) is 36.1. The Morgan fingerprint density at radius 2 is 2.14 bits per heavy atom. The average Bonchev–Trinajstić information content (AvgIpc) is 2.52. The van der Waals surface area contributed by atoms with E-state index >= 15 is 0 Å². The maximum atomic E-state index is 10.8. The van der Waals surface area contributed by atoms with Gasteiger partial charge in [0.1, 0.15) is 6.04 Å². The van der Waals surface area contributed by atoms with E-state index in [9.17, 15) is 4.79 Å². The SMILES string of the molecule is CC1OC2(CCCC2)CNC1C(=O)O. The highest BCUT2D eigenvalue weighted by atomic mass is 16.5. The number of rotatable bonds is 1. The van der Waals surface area contributed by atoms with Gasteiger partial charge in [-0.1, -0.05) is 12.8 Å². The van der Waals surface area contributed by atoms with Crippen LogP contribution in [0.2, 0.25) is 0 Å². The molecule has 2 rings (SSSR count). The van der Waals surface area contributed by atoms with Crippen LogP contribution >= 0.6 is 0 Å². The van der Waals surface area contributed by atoms with Crippen LogP contribution in [-0.4, -0.2) is 35.4 Å². The highest BCUT2D eigenvalue weighted by Crippen LogP contribution is 2.36. The van der Waals surface area contributed by atoms with Gasteiger partial charge < -0.3 is 9.84 Å². The third-order valence-corrected chi connectivity index (χ3v) is 3.33. The number of aliphatic carboxylic acids is 1. The topological polar surface area (TPSA) is 58.6 Å². The Bertz CT molecular complexity index is 236. The number of carboxylic acid groups (broad SMARTS) is 1.